The molecule has 0 radical (unpaired) electrons. The number of thioether (sulfide) groups is 1. The lowest BCUT2D eigenvalue weighted by Gasteiger charge is -2.27. The second kappa shape index (κ2) is 6.17. The third-order valence-electron chi connectivity index (χ3n) is 3.30. The maximum absolute atomic E-state index is 12.3. The van der Waals surface area contributed by atoms with Crippen LogP contribution in [0.3, 0.4) is 0 Å². The summed E-state index contributed by atoms with van der Waals surface area (Å²) in [5, 5.41) is 11.9. The molecule has 1 aromatic heterocycles. The second-order valence-corrected chi connectivity index (χ2v) is 5.93. The molecule has 2 heterocycles. The molecule has 8 heteroatoms. The highest BCUT2D eigenvalue weighted by molar-refractivity contribution is 8.00. The molecule has 7 nitrogen and oxygen atoms in total. The molecule has 0 aliphatic carbocycles. The van der Waals surface area contributed by atoms with Crippen LogP contribution in [0.5, 0.6) is 0 Å². The molecule has 3 N–H and O–H groups in total. The Labute approximate surface area is 121 Å². The van der Waals surface area contributed by atoms with Crippen LogP contribution in [0.2, 0.25) is 0 Å². The van der Waals surface area contributed by atoms with Gasteiger partial charge in [-0.25, -0.2) is 14.6 Å². The van der Waals surface area contributed by atoms with Crippen molar-refractivity contribution in [2.24, 2.45) is 0 Å². The van der Waals surface area contributed by atoms with Gasteiger partial charge in [0.1, 0.15) is 11.9 Å². The van der Waals surface area contributed by atoms with E-state index in [4.69, 9.17) is 0 Å². The molecule has 3 unspecified atom stereocenters. The Morgan fingerprint density at radius 2 is 2.45 bits per heavy atom. The van der Waals surface area contributed by atoms with Crippen molar-refractivity contribution >= 4 is 23.8 Å². The van der Waals surface area contributed by atoms with E-state index in [1.54, 1.807) is 12.4 Å². The van der Waals surface area contributed by atoms with Crippen LogP contribution in [-0.4, -0.2) is 49.1 Å². The minimum absolute atomic E-state index is 0.148. The number of imidazole rings is 1. The van der Waals surface area contributed by atoms with Crippen LogP contribution in [0.15, 0.2) is 12.4 Å². The number of hydrogen-bond donors (Lipinski definition) is 3. The molecule has 0 bridgehead atoms. The first kappa shape index (κ1) is 14.7. The van der Waals surface area contributed by atoms with Gasteiger partial charge in [-0.3, -0.25) is 4.90 Å². The standard InChI is InChI=1S/C12H18N4O3S/c1-3-8(10-13-4-5-14-10)15-12(19)16-7(2)20-6-9(16)11(17)18/h4-5,7-9H,3,6H2,1-2H3,(H,13,14)(H,15,19)(H,17,18). The van der Waals surface area contributed by atoms with Crippen LogP contribution in [0, 0.1) is 0 Å². The fraction of sp³-hybridized carbons (Fsp3) is 0.583. The highest BCUT2D eigenvalue weighted by atomic mass is 32.2. The molecule has 1 fully saturated rings. The average molecular weight is 298 g/mol. The Kier molecular flexibility index (Phi) is 4.53. The zero-order chi connectivity index (χ0) is 14.7. The zero-order valence-electron chi connectivity index (χ0n) is 11.4. The lowest BCUT2D eigenvalue weighted by molar-refractivity contribution is -0.141. The van der Waals surface area contributed by atoms with Gasteiger partial charge in [-0.2, -0.15) is 0 Å². The SMILES string of the molecule is CCC(NC(=O)N1C(C)SCC1C(=O)O)c1ncc[nH]1. The van der Waals surface area contributed by atoms with Gasteiger partial charge >= 0.3 is 12.0 Å². The Bertz CT molecular complexity index is 479. The minimum Gasteiger partial charge on any atom is -0.480 e. The Hall–Kier alpha value is -1.70. The summed E-state index contributed by atoms with van der Waals surface area (Å²) in [6.07, 6.45) is 3.99. The van der Waals surface area contributed by atoms with Crippen LogP contribution in [-0.2, 0) is 4.79 Å². The largest absolute Gasteiger partial charge is 0.480 e. The van der Waals surface area contributed by atoms with E-state index >= 15 is 0 Å². The summed E-state index contributed by atoms with van der Waals surface area (Å²) in [6.45, 7) is 3.77. The van der Waals surface area contributed by atoms with Crippen LogP contribution in [0.1, 0.15) is 32.1 Å². The van der Waals surface area contributed by atoms with Crippen molar-refractivity contribution in [1.82, 2.24) is 20.2 Å². The van der Waals surface area contributed by atoms with E-state index in [0.717, 1.165) is 0 Å². The highest BCUT2D eigenvalue weighted by Gasteiger charge is 2.40. The number of nitrogens with one attached hydrogen (secondary N) is 2. The number of carboxylic acid groups (broad SMARTS) is 1. The van der Waals surface area contributed by atoms with Crippen LogP contribution in [0.25, 0.3) is 0 Å². The molecule has 110 valence electrons. The summed E-state index contributed by atoms with van der Waals surface area (Å²) < 4.78 is 0. The number of H-pyrrole nitrogens is 1. The van der Waals surface area contributed by atoms with Crippen molar-refractivity contribution in [3.63, 3.8) is 0 Å². The lowest BCUT2D eigenvalue weighted by Crippen LogP contribution is -2.50. The van der Waals surface area contributed by atoms with Gasteiger partial charge in [0.05, 0.1) is 11.4 Å². The molecular weight excluding hydrogens is 280 g/mol. The third-order valence-corrected chi connectivity index (χ3v) is 4.52. The summed E-state index contributed by atoms with van der Waals surface area (Å²) in [5.74, 6) is 0.122. The molecule has 0 saturated carbocycles. The van der Waals surface area contributed by atoms with E-state index in [9.17, 15) is 14.7 Å². The fourth-order valence-electron chi connectivity index (χ4n) is 2.20. The monoisotopic (exact) mass is 298 g/mol. The Morgan fingerprint density at radius 3 is 3.00 bits per heavy atom. The third kappa shape index (κ3) is 2.90. The number of aromatic amines is 1. The first-order chi connectivity index (χ1) is 9.54. The van der Waals surface area contributed by atoms with Crippen LogP contribution < -0.4 is 5.32 Å². The van der Waals surface area contributed by atoms with Crippen molar-refractivity contribution in [1.29, 1.82) is 0 Å². The van der Waals surface area contributed by atoms with Gasteiger partial charge in [0.2, 0.25) is 0 Å². The fourth-order valence-corrected chi connectivity index (χ4v) is 3.36. The van der Waals surface area contributed by atoms with E-state index in [1.807, 2.05) is 13.8 Å². The van der Waals surface area contributed by atoms with Crippen molar-refractivity contribution in [3.8, 4) is 0 Å². The number of aliphatic carboxylic acids is 1. The molecule has 1 aliphatic heterocycles. The molecule has 20 heavy (non-hydrogen) atoms. The topological polar surface area (TPSA) is 98.3 Å². The smallest absolute Gasteiger partial charge is 0.327 e. The number of urea groups is 1. The van der Waals surface area contributed by atoms with Gasteiger partial charge in [0.15, 0.2) is 0 Å². The van der Waals surface area contributed by atoms with Crippen molar-refractivity contribution < 1.29 is 14.7 Å². The number of amides is 2. The van der Waals surface area contributed by atoms with Crippen molar-refractivity contribution in [3.05, 3.63) is 18.2 Å². The Morgan fingerprint density at radius 1 is 1.70 bits per heavy atom. The van der Waals surface area contributed by atoms with Crippen molar-refractivity contribution in [2.75, 3.05) is 5.75 Å². The van der Waals surface area contributed by atoms with E-state index in [0.29, 0.717) is 18.0 Å². The molecule has 2 amide bonds. The molecule has 3 atom stereocenters. The predicted octanol–water partition coefficient (Wildman–Crippen LogP) is 1.42. The van der Waals surface area contributed by atoms with Gasteiger partial charge in [-0.15, -0.1) is 11.8 Å². The predicted molar refractivity (Wildman–Crippen MR) is 75.3 cm³/mol. The summed E-state index contributed by atoms with van der Waals surface area (Å²) in [5.41, 5.74) is 0. The zero-order valence-corrected chi connectivity index (χ0v) is 12.2. The molecule has 0 spiro atoms. The van der Waals surface area contributed by atoms with Crippen LogP contribution >= 0.6 is 11.8 Å². The molecule has 0 aromatic carbocycles. The molecule has 1 saturated heterocycles. The number of aromatic nitrogens is 2. The highest BCUT2D eigenvalue weighted by Crippen LogP contribution is 2.29. The number of rotatable bonds is 4. The molecule has 1 aromatic rings. The van der Waals surface area contributed by atoms with Crippen LogP contribution in [0.4, 0.5) is 4.79 Å². The van der Waals surface area contributed by atoms with E-state index in [-0.39, 0.29) is 17.4 Å². The number of carbonyl (C=O) groups excluding carboxylic acids is 1. The maximum Gasteiger partial charge on any atom is 0.327 e. The first-order valence-corrected chi connectivity index (χ1v) is 7.52. The first-order valence-electron chi connectivity index (χ1n) is 6.47. The Balaban J connectivity index is 2.08. The summed E-state index contributed by atoms with van der Waals surface area (Å²) >= 11 is 1.46. The summed E-state index contributed by atoms with van der Waals surface area (Å²) in [4.78, 5) is 32.0. The number of hydrogen-bond acceptors (Lipinski definition) is 4. The van der Waals surface area contributed by atoms with Crippen molar-refractivity contribution in [2.45, 2.75) is 37.7 Å². The normalized spacial score (nSPS) is 23.6. The maximum atomic E-state index is 12.3. The number of nitrogens with zero attached hydrogens (tertiary/aromatic N) is 2. The summed E-state index contributed by atoms with van der Waals surface area (Å²) in [6, 6.07) is -1.38. The molecule has 2 rings (SSSR count). The van der Waals surface area contributed by atoms with Gasteiger partial charge in [-0.1, -0.05) is 6.92 Å². The summed E-state index contributed by atoms with van der Waals surface area (Å²) in [7, 11) is 0. The minimum atomic E-state index is -0.969. The molecular formula is C12H18N4O3S. The van der Waals surface area contributed by atoms with Gasteiger partial charge in [0, 0.05) is 18.1 Å². The molecule has 1 aliphatic rings. The second-order valence-electron chi connectivity index (χ2n) is 4.58. The van der Waals surface area contributed by atoms with E-state index in [2.05, 4.69) is 15.3 Å². The van der Waals surface area contributed by atoms with E-state index in [1.165, 1.54) is 16.7 Å². The number of carbonyl (C=O) groups is 2. The average Bonchev–Trinajstić information content (AvgIpc) is 3.04. The van der Waals surface area contributed by atoms with Gasteiger partial charge < -0.3 is 15.4 Å². The van der Waals surface area contributed by atoms with Gasteiger partial charge in [-0.05, 0) is 13.3 Å². The quantitative estimate of drug-likeness (QED) is 0.781. The van der Waals surface area contributed by atoms with E-state index < -0.39 is 12.0 Å². The number of carboxylic acids is 1. The lowest BCUT2D eigenvalue weighted by atomic mass is 10.2. The van der Waals surface area contributed by atoms with Gasteiger partial charge in [0.25, 0.3) is 0 Å².